The van der Waals surface area contributed by atoms with E-state index in [1.165, 1.54) is 30.3 Å². The maximum Gasteiger partial charge on any atom is 0.266 e. The number of rotatable bonds is 5. The lowest BCUT2D eigenvalue weighted by atomic mass is 10.1. The van der Waals surface area contributed by atoms with Gasteiger partial charge in [-0.3, -0.25) is 4.79 Å². The highest BCUT2D eigenvalue weighted by atomic mass is 35.5. The quantitative estimate of drug-likeness (QED) is 0.898. The van der Waals surface area contributed by atoms with Gasteiger partial charge >= 0.3 is 0 Å². The summed E-state index contributed by atoms with van der Waals surface area (Å²) in [6, 6.07) is 12.3. The standard InChI is InChI=1S/C18H14ClFN2O2/c19-15-9-11(10-21)1-8-16(15)24-17(18(23)22-14-6-7-14)12-2-4-13(20)5-3-12/h1-5,8-9,14,17H,6-7H2,(H,22,23)/t17-/m0/s1. The van der Waals surface area contributed by atoms with E-state index >= 15 is 0 Å². The van der Waals surface area contributed by atoms with Crippen molar-refractivity contribution in [2.45, 2.75) is 25.0 Å². The zero-order valence-electron chi connectivity index (χ0n) is 12.6. The smallest absolute Gasteiger partial charge is 0.266 e. The van der Waals surface area contributed by atoms with Gasteiger partial charge in [0.05, 0.1) is 16.7 Å². The van der Waals surface area contributed by atoms with Gasteiger partial charge in [-0.05, 0) is 43.2 Å². The predicted molar refractivity (Wildman–Crippen MR) is 87.1 cm³/mol. The van der Waals surface area contributed by atoms with Crippen LogP contribution in [-0.2, 0) is 4.79 Å². The molecule has 2 aromatic carbocycles. The summed E-state index contributed by atoms with van der Waals surface area (Å²) < 4.78 is 18.9. The molecule has 1 aliphatic rings. The van der Waals surface area contributed by atoms with Gasteiger partial charge in [-0.1, -0.05) is 23.7 Å². The molecule has 0 spiro atoms. The summed E-state index contributed by atoms with van der Waals surface area (Å²) in [5.74, 6) is -0.406. The van der Waals surface area contributed by atoms with E-state index in [0.717, 1.165) is 12.8 Å². The molecule has 0 aliphatic heterocycles. The fourth-order valence-corrected chi connectivity index (χ4v) is 2.43. The summed E-state index contributed by atoms with van der Waals surface area (Å²) in [4.78, 5) is 12.5. The Balaban J connectivity index is 1.87. The molecule has 0 heterocycles. The molecular weight excluding hydrogens is 331 g/mol. The molecule has 1 amide bonds. The largest absolute Gasteiger partial charge is 0.474 e. The third-order valence-corrected chi connectivity index (χ3v) is 3.94. The maximum absolute atomic E-state index is 13.2. The van der Waals surface area contributed by atoms with Crippen molar-refractivity contribution in [1.29, 1.82) is 5.26 Å². The van der Waals surface area contributed by atoms with Gasteiger partial charge in [0, 0.05) is 11.6 Å². The molecule has 1 atom stereocenters. The van der Waals surface area contributed by atoms with Crippen molar-refractivity contribution in [3.63, 3.8) is 0 Å². The number of hydrogen-bond donors (Lipinski definition) is 1. The summed E-state index contributed by atoms with van der Waals surface area (Å²) >= 11 is 6.12. The van der Waals surface area contributed by atoms with E-state index in [1.54, 1.807) is 12.1 Å². The summed E-state index contributed by atoms with van der Waals surface area (Å²) in [5.41, 5.74) is 0.920. The monoisotopic (exact) mass is 344 g/mol. The molecule has 6 heteroatoms. The molecular formula is C18H14ClFN2O2. The van der Waals surface area contributed by atoms with Crippen LogP contribution in [0.1, 0.15) is 30.1 Å². The molecule has 0 radical (unpaired) electrons. The Morgan fingerprint density at radius 2 is 2.00 bits per heavy atom. The van der Waals surface area contributed by atoms with Gasteiger partial charge in [0.25, 0.3) is 5.91 Å². The minimum absolute atomic E-state index is 0.167. The molecule has 1 saturated carbocycles. The molecule has 4 nitrogen and oxygen atoms in total. The van der Waals surface area contributed by atoms with Crippen LogP contribution in [0.15, 0.2) is 42.5 Å². The van der Waals surface area contributed by atoms with Crippen molar-refractivity contribution in [1.82, 2.24) is 5.32 Å². The van der Waals surface area contributed by atoms with Gasteiger partial charge in [0.1, 0.15) is 11.6 Å². The number of benzene rings is 2. The second-order valence-corrected chi connectivity index (χ2v) is 6.00. The van der Waals surface area contributed by atoms with Crippen LogP contribution >= 0.6 is 11.6 Å². The Bertz CT molecular complexity index is 798. The number of ether oxygens (including phenoxy) is 1. The maximum atomic E-state index is 13.2. The molecule has 0 aromatic heterocycles. The summed E-state index contributed by atoms with van der Waals surface area (Å²) in [6.07, 6.45) is 0.940. The second kappa shape index (κ2) is 6.90. The molecule has 1 aliphatic carbocycles. The van der Waals surface area contributed by atoms with Gasteiger partial charge in [-0.15, -0.1) is 0 Å². The lowest BCUT2D eigenvalue weighted by Crippen LogP contribution is -2.33. The van der Waals surface area contributed by atoms with Crippen molar-refractivity contribution in [2.24, 2.45) is 0 Å². The molecule has 0 unspecified atom stereocenters. The molecule has 1 fully saturated rings. The first-order chi connectivity index (χ1) is 11.6. The van der Waals surface area contributed by atoms with Crippen LogP contribution in [-0.4, -0.2) is 11.9 Å². The van der Waals surface area contributed by atoms with Gasteiger partial charge in [0.15, 0.2) is 0 Å². The van der Waals surface area contributed by atoms with Crippen molar-refractivity contribution < 1.29 is 13.9 Å². The Hall–Kier alpha value is -2.58. The molecule has 0 bridgehead atoms. The Morgan fingerprint density at radius 1 is 1.29 bits per heavy atom. The van der Waals surface area contributed by atoms with Crippen LogP contribution in [0.5, 0.6) is 5.75 Å². The molecule has 0 saturated heterocycles. The molecule has 3 rings (SSSR count). The number of carbonyl (C=O) groups is 1. The normalized spacial score (nSPS) is 14.5. The van der Waals surface area contributed by atoms with Crippen molar-refractivity contribution in [2.75, 3.05) is 0 Å². The minimum atomic E-state index is -0.948. The van der Waals surface area contributed by atoms with Crippen LogP contribution in [0, 0.1) is 17.1 Å². The van der Waals surface area contributed by atoms with Crippen LogP contribution in [0.2, 0.25) is 5.02 Å². The number of nitrogens with one attached hydrogen (secondary N) is 1. The number of amides is 1. The van der Waals surface area contributed by atoms with Gasteiger partial charge < -0.3 is 10.1 Å². The van der Waals surface area contributed by atoms with Gasteiger partial charge in [-0.25, -0.2) is 4.39 Å². The number of hydrogen-bond acceptors (Lipinski definition) is 3. The zero-order chi connectivity index (χ0) is 17.1. The lowest BCUT2D eigenvalue weighted by Gasteiger charge is -2.20. The van der Waals surface area contributed by atoms with Gasteiger partial charge in [-0.2, -0.15) is 5.26 Å². The van der Waals surface area contributed by atoms with Crippen molar-refractivity contribution >= 4 is 17.5 Å². The highest BCUT2D eigenvalue weighted by Crippen LogP contribution is 2.31. The van der Waals surface area contributed by atoms with E-state index in [0.29, 0.717) is 11.1 Å². The first-order valence-electron chi connectivity index (χ1n) is 7.49. The Labute approximate surface area is 143 Å². The first kappa shape index (κ1) is 16.3. The Morgan fingerprint density at radius 3 is 2.58 bits per heavy atom. The summed E-state index contributed by atoms with van der Waals surface area (Å²) in [6.45, 7) is 0. The van der Waals surface area contributed by atoms with Gasteiger partial charge in [0.2, 0.25) is 6.10 Å². The number of nitrogens with zero attached hydrogens (tertiary/aromatic N) is 1. The zero-order valence-corrected chi connectivity index (χ0v) is 13.4. The fraction of sp³-hybridized carbons (Fsp3) is 0.222. The Kier molecular flexibility index (Phi) is 4.68. The SMILES string of the molecule is N#Cc1ccc(O[C@H](C(=O)NC2CC2)c2ccc(F)cc2)c(Cl)c1. The molecule has 1 N–H and O–H groups in total. The third kappa shape index (κ3) is 3.84. The van der Waals surface area contributed by atoms with Crippen LogP contribution in [0.25, 0.3) is 0 Å². The fourth-order valence-electron chi connectivity index (χ4n) is 2.21. The first-order valence-corrected chi connectivity index (χ1v) is 7.87. The predicted octanol–water partition coefficient (Wildman–Crippen LogP) is 3.75. The highest BCUT2D eigenvalue weighted by molar-refractivity contribution is 6.32. The van der Waals surface area contributed by atoms with E-state index < -0.39 is 11.9 Å². The average molecular weight is 345 g/mol. The van der Waals surface area contributed by atoms with E-state index in [4.69, 9.17) is 21.6 Å². The second-order valence-electron chi connectivity index (χ2n) is 5.59. The average Bonchev–Trinajstić information content (AvgIpc) is 3.38. The lowest BCUT2D eigenvalue weighted by molar-refractivity contribution is -0.128. The van der Waals surface area contributed by atoms with E-state index in [9.17, 15) is 9.18 Å². The third-order valence-electron chi connectivity index (χ3n) is 3.64. The number of nitriles is 1. The number of halogens is 2. The van der Waals surface area contributed by atoms with Crippen LogP contribution in [0.3, 0.4) is 0 Å². The topological polar surface area (TPSA) is 62.1 Å². The van der Waals surface area contributed by atoms with Crippen LogP contribution < -0.4 is 10.1 Å². The summed E-state index contributed by atoms with van der Waals surface area (Å²) in [7, 11) is 0. The molecule has 122 valence electrons. The highest BCUT2D eigenvalue weighted by Gasteiger charge is 2.30. The molecule has 24 heavy (non-hydrogen) atoms. The van der Waals surface area contributed by atoms with E-state index in [1.807, 2.05) is 6.07 Å². The van der Waals surface area contributed by atoms with E-state index in [2.05, 4.69) is 5.32 Å². The van der Waals surface area contributed by atoms with Crippen molar-refractivity contribution in [3.05, 3.63) is 64.4 Å². The summed E-state index contributed by atoms with van der Waals surface area (Å²) in [5, 5.41) is 12.0. The number of carbonyl (C=O) groups excluding carboxylic acids is 1. The molecule has 2 aromatic rings. The van der Waals surface area contributed by atoms with Crippen molar-refractivity contribution in [3.8, 4) is 11.8 Å². The van der Waals surface area contributed by atoms with Crippen LogP contribution in [0.4, 0.5) is 4.39 Å². The minimum Gasteiger partial charge on any atom is -0.474 e. The van der Waals surface area contributed by atoms with E-state index in [-0.39, 0.29) is 22.7 Å².